The van der Waals surface area contributed by atoms with Crippen LogP contribution in [0.2, 0.25) is 5.02 Å². The minimum atomic E-state index is 0.788. The molecule has 0 saturated heterocycles. The van der Waals surface area contributed by atoms with Crippen LogP contribution in [0.4, 0.5) is 0 Å². The molecule has 1 N–H and O–H groups in total. The molecule has 0 spiro atoms. The molecule has 0 radical (unpaired) electrons. The SMILES string of the molecule is Cc1ccc(-c2cnc(CNCCc3ccc(Cl)cc3)s2)s1. The Morgan fingerprint density at radius 1 is 1.05 bits per heavy atom. The highest BCUT2D eigenvalue weighted by atomic mass is 35.5. The first-order valence-corrected chi connectivity index (χ1v) is 9.18. The Morgan fingerprint density at radius 2 is 1.86 bits per heavy atom. The highest BCUT2D eigenvalue weighted by Gasteiger charge is 2.06. The number of nitrogens with zero attached hydrogens (tertiary/aromatic N) is 1. The third-order valence-electron chi connectivity index (χ3n) is 3.32. The van der Waals surface area contributed by atoms with Crippen LogP contribution in [0.5, 0.6) is 0 Å². The van der Waals surface area contributed by atoms with Crippen molar-refractivity contribution in [3.63, 3.8) is 0 Å². The van der Waals surface area contributed by atoms with E-state index >= 15 is 0 Å². The molecule has 0 unspecified atom stereocenters. The average Bonchev–Trinajstić information content (AvgIpc) is 3.14. The third kappa shape index (κ3) is 4.17. The predicted molar refractivity (Wildman–Crippen MR) is 97.0 cm³/mol. The first-order chi connectivity index (χ1) is 10.7. The van der Waals surface area contributed by atoms with E-state index in [9.17, 15) is 0 Å². The van der Waals surface area contributed by atoms with Crippen molar-refractivity contribution in [1.82, 2.24) is 10.3 Å². The van der Waals surface area contributed by atoms with Gasteiger partial charge < -0.3 is 5.32 Å². The second-order valence-corrected chi connectivity index (χ2v) is 7.92. The van der Waals surface area contributed by atoms with Gasteiger partial charge in [0.2, 0.25) is 0 Å². The second-order valence-electron chi connectivity index (χ2n) is 5.08. The van der Waals surface area contributed by atoms with Gasteiger partial charge in [0, 0.05) is 27.5 Å². The summed E-state index contributed by atoms with van der Waals surface area (Å²) in [4.78, 5) is 8.41. The number of nitrogens with one attached hydrogen (secondary N) is 1. The van der Waals surface area contributed by atoms with Crippen molar-refractivity contribution in [3.8, 4) is 9.75 Å². The zero-order valence-electron chi connectivity index (χ0n) is 12.3. The van der Waals surface area contributed by atoms with Crippen molar-refractivity contribution < 1.29 is 0 Å². The van der Waals surface area contributed by atoms with E-state index in [1.54, 1.807) is 11.3 Å². The van der Waals surface area contributed by atoms with Gasteiger partial charge in [-0.3, -0.25) is 0 Å². The smallest absolute Gasteiger partial charge is 0.107 e. The lowest BCUT2D eigenvalue weighted by atomic mass is 10.1. The quantitative estimate of drug-likeness (QED) is 0.622. The van der Waals surface area contributed by atoms with Crippen LogP contribution in [0.25, 0.3) is 9.75 Å². The maximum absolute atomic E-state index is 5.89. The highest BCUT2D eigenvalue weighted by molar-refractivity contribution is 7.21. The van der Waals surface area contributed by atoms with Gasteiger partial charge >= 0.3 is 0 Å². The monoisotopic (exact) mass is 348 g/mol. The number of hydrogen-bond acceptors (Lipinski definition) is 4. The molecule has 5 heteroatoms. The van der Waals surface area contributed by atoms with Gasteiger partial charge in [0.15, 0.2) is 0 Å². The molecule has 0 aliphatic heterocycles. The fraction of sp³-hybridized carbons (Fsp3) is 0.235. The number of rotatable bonds is 6. The maximum Gasteiger partial charge on any atom is 0.107 e. The summed E-state index contributed by atoms with van der Waals surface area (Å²) in [5, 5.41) is 5.38. The summed E-state index contributed by atoms with van der Waals surface area (Å²) in [6, 6.07) is 12.4. The molecular weight excluding hydrogens is 332 g/mol. The molecule has 2 aromatic heterocycles. The average molecular weight is 349 g/mol. The van der Waals surface area contributed by atoms with Crippen molar-refractivity contribution in [1.29, 1.82) is 0 Å². The summed E-state index contributed by atoms with van der Waals surface area (Å²) in [7, 11) is 0. The van der Waals surface area contributed by atoms with Crippen LogP contribution in [0.15, 0.2) is 42.6 Å². The van der Waals surface area contributed by atoms with Crippen LogP contribution < -0.4 is 5.32 Å². The molecule has 0 atom stereocenters. The van der Waals surface area contributed by atoms with E-state index in [4.69, 9.17) is 11.6 Å². The number of aromatic nitrogens is 1. The molecular formula is C17H17ClN2S2. The van der Waals surface area contributed by atoms with Crippen LogP contribution in [0.1, 0.15) is 15.4 Å². The minimum Gasteiger partial charge on any atom is -0.310 e. The number of hydrogen-bond donors (Lipinski definition) is 1. The van der Waals surface area contributed by atoms with Crippen LogP contribution in [0, 0.1) is 6.92 Å². The van der Waals surface area contributed by atoms with Gasteiger partial charge in [-0.1, -0.05) is 23.7 Å². The zero-order chi connectivity index (χ0) is 15.4. The van der Waals surface area contributed by atoms with Crippen LogP contribution in [0.3, 0.4) is 0 Å². The van der Waals surface area contributed by atoms with Crippen LogP contribution in [-0.4, -0.2) is 11.5 Å². The molecule has 114 valence electrons. The number of thiazole rings is 1. The van der Waals surface area contributed by atoms with Gasteiger partial charge in [-0.25, -0.2) is 4.98 Å². The molecule has 0 bridgehead atoms. The number of thiophene rings is 1. The predicted octanol–water partition coefficient (Wildman–Crippen LogP) is 5.17. The van der Waals surface area contributed by atoms with Crippen molar-refractivity contribution in [2.75, 3.05) is 6.54 Å². The van der Waals surface area contributed by atoms with E-state index < -0.39 is 0 Å². The minimum absolute atomic E-state index is 0.788. The summed E-state index contributed by atoms with van der Waals surface area (Å²) in [5.41, 5.74) is 1.30. The molecule has 0 amide bonds. The summed E-state index contributed by atoms with van der Waals surface area (Å²) in [6.07, 6.45) is 2.98. The van der Waals surface area contributed by atoms with E-state index in [-0.39, 0.29) is 0 Å². The van der Waals surface area contributed by atoms with Gasteiger partial charge in [0.25, 0.3) is 0 Å². The van der Waals surface area contributed by atoms with Crippen LogP contribution in [-0.2, 0) is 13.0 Å². The summed E-state index contributed by atoms with van der Waals surface area (Å²) in [6.45, 7) is 3.89. The fourth-order valence-corrected chi connectivity index (χ4v) is 4.11. The van der Waals surface area contributed by atoms with E-state index in [1.165, 1.54) is 20.2 Å². The lowest BCUT2D eigenvalue weighted by molar-refractivity contribution is 0.684. The maximum atomic E-state index is 5.89. The second kappa shape index (κ2) is 7.38. The molecule has 2 nitrogen and oxygen atoms in total. The normalized spacial score (nSPS) is 11.0. The van der Waals surface area contributed by atoms with Crippen molar-refractivity contribution in [3.05, 3.63) is 63.1 Å². The topological polar surface area (TPSA) is 24.9 Å². The van der Waals surface area contributed by atoms with Crippen LogP contribution >= 0.6 is 34.3 Å². The number of halogens is 1. The molecule has 0 fully saturated rings. The largest absolute Gasteiger partial charge is 0.310 e. The molecule has 0 aliphatic carbocycles. The van der Waals surface area contributed by atoms with E-state index in [0.29, 0.717) is 0 Å². The molecule has 22 heavy (non-hydrogen) atoms. The summed E-state index contributed by atoms with van der Waals surface area (Å²) in [5.74, 6) is 0. The van der Waals surface area contributed by atoms with Gasteiger partial charge in [-0.2, -0.15) is 0 Å². The standard InChI is InChI=1S/C17H17ClN2S2/c1-12-2-7-15(21-12)16-10-20-17(22-16)11-19-9-8-13-3-5-14(18)6-4-13/h2-7,10,19H,8-9,11H2,1H3. The van der Waals surface area contributed by atoms with Crippen molar-refractivity contribution in [2.24, 2.45) is 0 Å². The Morgan fingerprint density at radius 3 is 2.59 bits per heavy atom. The van der Waals surface area contributed by atoms with Crippen molar-refractivity contribution in [2.45, 2.75) is 19.9 Å². The highest BCUT2D eigenvalue weighted by Crippen LogP contribution is 2.31. The van der Waals surface area contributed by atoms with Gasteiger partial charge in [-0.15, -0.1) is 22.7 Å². The van der Waals surface area contributed by atoms with Gasteiger partial charge in [0.1, 0.15) is 5.01 Å². The Hall–Kier alpha value is -1.20. The molecule has 0 aliphatic rings. The Bertz CT molecular complexity index is 731. The molecule has 0 saturated carbocycles. The summed E-state index contributed by atoms with van der Waals surface area (Å²) < 4.78 is 0. The third-order valence-corrected chi connectivity index (χ3v) is 5.76. The lowest BCUT2D eigenvalue weighted by Gasteiger charge is -2.03. The summed E-state index contributed by atoms with van der Waals surface area (Å²) >= 11 is 9.47. The first kappa shape index (κ1) is 15.7. The molecule has 3 aromatic rings. The Labute approximate surface area is 143 Å². The molecule has 2 heterocycles. The Balaban J connectivity index is 1.48. The number of benzene rings is 1. The van der Waals surface area contributed by atoms with E-state index in [2.05, 4.69) is 41.5 Å². The van der Waals surface area contributed by atoms with Crippen molar-refractivity contribution >= 4 is 34.3 Å². The first-order valence-electron chi connectivity index (χ1n) is 7.17. The Kier molecular flexibility index (Phi) is 5.26. The zero-order valence-corrected chi connectivity index (χ0v) is 14.7. The molecule has 1 aromatic carbocycles. The van der Waals surface area contributed by atoms with E-state index in [0.717, 1.165) is 29.5 Å². The van der Waals surface area contributed by atoms with Gasteiger partial charge in [0.05, 0.1) is 4.88 Å². The fourth-order valence-electron chi connectivity index (χ4n) is 2.15. The molecule has 3 rings (SSSR count). The van der Waals surface area contributed by atoms with E-state index in [1.807, 2.05) is 29.7 Å². The number of aryl methyl sites for hydroxylation is 1. The lowest BCUT2D eigenvalue weighted by Crippen LogP contribution is -2.16. The van der Waals surface area contributed by atoms with Gasteiger partial charge in [-0.05, 0) is 49.7 Å².